The lowest BCUT2D eigenvalue weighted by Gasteiger charge is -2.13. The second-order valence-corrected chi connectivity index (χ2v) is 5.06. The van der Waals surface area contributed by atoms with E-state index in [1.165, 1.54) is 11.8 Å². The Morgan fingerprint density at radius 1 is 1.56 bits per heavy atom. The van der Waals surface area contributed by atoms with Gasteiger partial charge in [0, 0.05) is 12.2 Å². The Hall–Kier alpha value is -1.67. The number of hydrogen-bond donors (Lipinski definition) is 1. The van der Waals surface area contributed by atoms with Crippen LogP contribution in [-0.4, -0.2) is 24.0 Å². The van der Waals surface area contributed by atoms with Crippen LogP contribution in [0.3, 0.4) is 0 Å². The Balaban J connectivity index is 2.56. The summed E-state index contributed by atoms with van der Waals surface area (Å²) < 4.78 is 5.16. The highest BCUT2D eigenvalue weighted by Gasteiger charge is 2.14. The maximum Gasteiger partial charge on any atom is 0.237 e. The average Bonchev–Trinajstić information content (AvgIpc) is 2.39. The first-order chi connectivity index (χ1) is 8.69. The number of rotatable bonds is 6. The van der Waals surface area contributed by atoms with Crippen molar-refractivity contribution in [1.82, 2.24) is 0 Å². The minimum Gasteiger partial charge on any atom is -0.495 e. The topological polar surface area (TPSA) is 62.1 Å². The van der Waals surface area contributed by atoms with Crippen molar-refractivity contribution < 1.29 is 9.53 Å². The molecule has 96 valence electrons. The van der Waals surface area contributed by atoms with Gasteiger partial charge in [0.15, 0.2) is 0 Å². The Labute approximate surface area is 111 Å². The summed E-state index contributed by atoms with van der Waals surface area (Å²) in [5, 5.41) is 11.1. The molecular weight excluding hydrogens is 248 g/mol. The van der Waals surface area contributed by atoms with Crippen LogP contribution in [0.4, 0.5) is 5.69 Å². The Morgan fingerprint density at radius 2 is 2.28 bits per heavy atom. The van der Waals surface area contributed by atoms with Gasteiger partial charge >= 0.3 is 0 Å². The first kappa shape index (κ1) is 14.4. The standard InChI is InChI=1S/C13H16N2O2S/c1-10(18-9-5-8-14)13(16)15-11-6-3-4-7-12(11)17-2/h3-4,6-7,10H,5,9H2,1-2H3,(H,15,16). The van der Waals surface area contributed by atoms with E-state index in [9.17, 15) is 4.79 Å². The fourth-order valence-electron chi connectivity index (χ4n) is 1.34. The quantitative estimate of drug-likeness (QED) is 0.802. The monoisotopic (exact) mass is 264 g/mol. The molecule has 0 radical (unpaired) electrons. The molecule has 1 aromatic rings. The summed E-state index contributed by atoms with van der Waals surface area (Å²) in [7, 11) is 1.57. The van der Waals surface area contributed by atoms with Crippen molar-refractivity contribution in [2.75, 3.05) is 18.2 Å². The number of carbonyl (C=O) groups is 1. The molecule has 1 amide bonds. The fraction of sp³-hybridized carbons (Fsp3) is 0.385. The van der Waals surface area contributed by atoms with Gasteiger partial charge in [0.1, 0.15) is 5.75 Å². The third-order valence-corrected chi connectivity index (χ3v) is 3.47. The summed E-state index contributed by atoms with van der Waals surface area (Å²) in [6.45, 7) is 1.83. The Kier molecular flexibility index (Phi) is 6.09. The molecule has 0 heterocycles. The van der Waals surface area contributed by atoms with Crippen LogP contribution in [-0.2, 0) is 4.79 Å². The zero-order chi connectivity index (χ0) is 13.4. The number of methoxy groups -OCH3 is 1. The third kappa shape index (κ3) is 4.30. The summed E-state index contributed by atoms with van der Waals surface area (Å²) in [6.07, 6.45) is 0.455. The van der Waals surface area contributed by atoms with Crippen LogP contribution in [0.5, 0.6) is 5.75 Å². The first-order valence-electron chi connectivity index (χ1n) is 5.61. The number of amides is 1. The molecule has 0 fully saturated rings. The molecule has 1 atom stereocenters. The van der Waals surface area contributed by atoms with Gasteiger partial charge in [0.25, 0.3) is 0 Å². The maximum atomic E-state index is 11.9. The molecule has 1 unspecified atom stereocenters. The van der Waals surface area contributed by atoms with E-state index >= 15 is 0 Å². The lowest BCUT2D eigenvalue weighted by atomic mass is 10.3. The van der Waals surface area contributed by atoms with E-state index in [4.69, 9.17) is 10.00 Å². The molecule has 0 saturated heterocycles. The van der Waals surface area contributed by atoms with Crippen LogP contribution in [0.15, 0.2) is 24.3 Å². The van der Waals surface area contributed by atoms with E-state index in [1.54, 1.807) is 19.2 Å². The molecule has 4 nitrogen and oxygen atoms in total. The molecule has 0 bridgehead atoms. The number of para-hydroxylation sites is 2. The lowest BCUT2D eigenvalue weighted by Crippen LogP contribution is -2.23. The largest absolute Gasteiger partial charge is 0.495 e. The highest BCUT2D eigenvalue weighted by molar-refractivity contribution is 8.00. The van der Waals surface area contributed by atoms with Crippen molar-refractivity contribution in [1.29, 1.82) is 5.26 Å². The summed E-state index contributed by atoms with van der Waals surface area (Å²) in [5.74, 6) is 1.22. The van der Waals surface area contributed by atoms with Gasteiger partial charge < -0.3 is 10.1 Å². The summed E-state index contributed by atoms with van der Waals surface area (Å²) in [4.78, 5) is 11.9. The lowest BCUT2D eigenvalue weighted by molar-refractivity contribution is -0.115. The molecule has 0 spiro atoms. The molecule has 1 aromatic carbocycles. The number of benzene rings is 1. The van der Waals surface area contributed by atoms with E-state index in [-0.39, 0.29) is 11.2 Å². The second-order valence-electron chi connectivity index (χ2n) is 3.61. The number of thioether (sulfide) groups is 1. The summed E-state index contributed by atoms with van der Waals surface area (Å²) in [6, 6.07) is 9.33. The Bertz CT molecular complexity index is 443. The van der Waals surface area contributed by atoms with Gasteiger partial charge in [-0.3, -0.25) is 4.79 Å². The van der Waals surface area contributed by atoms with Gasteiger partial charge in [0.05, 0.1) is 24.1 Å². The van der Waals surface area contributed by atoms with E-state index in [1.807, 2.05) is 19.1 Å². The number of nitriles is 1. The van der Waals surface area contributed by atoms with Crippen LogP contribution in [0, 0.1) is 11.3 Å². The predicted octanol–water partition coefficient (Wildman–Crippen LogP) is 2.67. The van der Waals surface area contributed by atoms with Crippen molar-refractivity contribution in [2.24, 2.45) is 0 Å². The van der Waals surface area contributed by atoms with Gasteiger partial charge in [0.2, 0.25) is 5.91 Å². The molecule has 0 aliphatic rings. The van der Waals surface area contributed by atoms with Gasteiger partial charge in [-0.25, -0.2) is 0 Å². The number of anilines is 1. The zero-order valence-corrected chi connectivity index (χ0v) is 11.3. The van der Waals surface area contributed by atoms with E-state index in [2.05, 4.69) is 11.4 Å². The van der Waals surface area contributed by atoms with Crippen molar-refractivity contribution in [3.8, 4) is 11.8 Å². The smallest absolute Gasteiger partial charge is 0.237 e. The van der Waals surface area contributed by atoms with Crippen molar-refractivity contribution in [3.05, 3.63) is 24.3 Å². The minimum absolute atomic E-state index is 0.0811. The zero-order valence-electron chi connectivity index (χ0n) is 10.5. The molecule has 0 aromatic heterocycles. The second kappa shape index (κ2) is 7.62. The van der Waals surface area contributed by atoms with Crippen molar-refractivity contribution in [3.63, 3.8) is 0 Å². The van der Waals surface area contributed by atoms with Gasteiger partial charge in [-0.05, 0) is 19.1 Å². The van der Waals surface area contributed by atoms with E-state index in [0.717, 1.165) is 0 Å². The molecule has 0 aliphatic carbocycles. The predicted molar refractivity (Wildman–Crippen MR) is 73.8 cm³/mol. The summed E-state index contributed by atoms with van der Waals surface area (Å²) >= 11 is 1.47. The normalized spacial score (nSPS) is 11.4. The Morgan fingerprint density at radius 3 is 2.94 bits per heavy atom. The molecule has 0 aliphatic heterocycles. The molecular formula is C13H16N2O2S. The minimum atomic E-state index is -0.191. The number of ether oxygens (including phenoxy) is 1. The van der Waals surface area contributed by atoms with Gasteiger partial charge in [-0.1, -0.05) is 12.1 Å². The SMILES string of the molecule is COc1ccccc1NC(=O)C(C)SCCC#N. The molecule has 0 saturated carbocycles. The van der Waals surface area contributed by atoms with Crippen LogP contribution in [0.1, 0.15) is 13.3 Å². The number of hydrogen-bond acceptors (Lipinski definition) is 4. The summed E-state index contributed by atoms with van der Waals surface area (Å²) in [5.41, 5.74) is 0.665. The first-order valence-corrected chi connectivity index (χ1v) is 6.66. The molecule has 5 heteroatoms. The average molecular weight is 264 g/mol. The molecule has 1 N–H and O–H groups in total. The highest BCUT2D eigenvalue weighted by Crippen LogP contribution is 2.24. The van der Waals surface area contributed by atoms with Gasteiger partial charge in [-0.2, -0.15) is 5.26 Å². The van der Waals surface area contributed by atoms with Crippen LogP contribution < -0.4 is 10.1 Å². The molecule has 1 rings (SSSR count). The molecule has 18 heavy (non-hydrogen) atoms. The van der Waals surface area contributed by atoms with Crippen LogP contribution in [0.25, 0.3) is 0 Å². The van der Waals surface area contributed by atoms with Crippen LogP contribution >= 0.6 is 11.8 Å². The van der Waals surface area contributed by atoms with Gasteiger partial charge in [-0.15, -0.1) is 11.8 Å². The van der Waals surface area contributed by atoms with Crippen molar-refractivity contribution >= 4 is 23.4 Å². The van der Waals surface area contributed by atoms with E-state index < -0.39 is 0 Å². The number of nitrogens with zero attached hydrogens (tertiary/aromatic N) is 1. The number of carbonyl (C=O) groups excluding carboxylic acids is 1. The third-order valence-electron chi connectivity index (χ3n) is 2.32. The van der Waals surface area contributed by atoms with Crippen LogP contribution in [0.2, 0.25) is 0 Å². The van der Waals surface area contributed by atoms with E-state index in [0.29, 0.717) is 23.6 Å². The highest BCUT2D eigenvalue weighted by atomic mass is 32.2. The fourth-order valence-corrected chi connectivity index (χ4v) is 2.11. The number of nitrogens with one attached hydrogen (secondary N) is 1. The maximum absolute atomic E-state index is 11.9. The van der Waals surface area contributed by atoms with Crippen molar-refractivity contribution in [2.45, 2.75) is 18.6 Å².